The van der Waals surface area contributed by atoms with Crippen LogP contribution in [0.1, 0.15) is 27.2 Å². The standard InChI is InChI=1S/C16H22N2O6/c1-16(2,3)24-15(19)17-8-7-12(10-17)23-13-6-5-11(18(20)21)9-14(13)22-4/h5-6,9,12H,7-8,10H2,1-4H3/t12-/m0/s1. The van der Waals surface area contributed by atoms with E-state index < -0.39 is 10.5 Å². The number of benzene rings is 1. The predicted molar refractivity (Wildman–Crippen MR) is 86.5 cm³/mol. The molecule has 1 aliphatic heterocycles. The highest BCUT2D eigenvalue weighted by molar-refractivity contribution is 5.68. The highest BCUT2D eigenvalue weighted by Gasteiger charge is 2.31. The maximum absolute atomic E-state index is 12.1. The minimum atomic E-state index is -0.544. The first-order chi connectivity index (χ1) is 11.2. The Labute approximate surface area is 140 Å². The van der Waals surface area contributed by atoms with Crippen molar-refractivity contribution in [2.45, 2.75) is 38.9 Å². The van der Waals surface area contributed by atoms with Gasteiger partial charge in [-0.1, -0.05) is 0 Å². The number of hydrogen-bond acceptors (Lipinski definition) is 6. The van der Waals surface area contributed by atoms with Gasteiger partial charge in [0.15, 0.2) is 11.5 Å². The van der Waals surface area contributed by atoms with Gasteiger partial charge in [0.2, 0.25) is 0 Å². The summed E-state index contributed by atoms with van der Waals surface area (Å²) >= 11 is 0. The second-order valence-corrected chi connectivity index (χ2v) is 6.55. The van der Waals surface area contributed by atoms with Gasteiger partial charge in [-0.15, -0.1) is 0 Å². The van der Waals surface area contributed by atoms with Crippen LogP contribution in [0.2, 0.25) is 0 Å². The molecule has 0 saturated carbocycles. The van der Waals surface area contributed by atoms with Crippen LogP contribution in [0.15, 0.2) is 18.2 Å². The second-order valence-electron chi connectivity index (χ2n) is 6.55. The Morgan fingerprint density at radius 2 is 2.04 bits per heavy atom. The number of hydrogen-bond donors (Lipinski definition) is 0. The average molecular weight is 338 g/mol. The first-order valence-corrected chi connectivity index (χ1v) is 7.66. The number of non-ortho nitro benzene ring substituents is 1. The summed E-state index contributed by atoms with van der Waals surface area (Å²) in [6.45, 7) is 6.38. The van der Waals surface area contributed by atoms with Gasteiger partial charge in [0.1, 0.15) is 11.7 Å². The van der Waals surface area contributed by atoms with E-state index in [2.05, 4.69) is 0 Å². The molecular weight excluding hydrogens is 316 g/mol. The van der Waals surface area contributed by atoms with Gasteiger partial charge in [-0.2, -0.15) is 0 Å². The van der Waals surface area contributed by atoms with Crippen molar-refractivity contribution in [1.29, 1.82) is 0 Å². The Balaban J connectivity index is 2.00. The first kappa shape index (κ1) is 17.8. The van der Waals surface area contributed by atoms with Crippen LogP contribution in [0.4, 0.5) is 10.5 Å². The number of amides is 1. The van der Waals surface area contributed by atoms with Crippen LogP contribution in [0.5, 0.6) is 11.5 Å². The molecule has 0 unspecified atom stereocenters. The predicted octanol–water partition coefficient (Wildman–Crippen LogP) is 2.99. The smallest absolute Gasteiger partial charge is 0.410 e. The molecule has 132 valence electrons. The van der Waals surface area contributed by atoms with E-state index in [1.54, 1.807) is 4.90 Å². The lowest BCUT2D eigenvalue weighted by Crippen LogP contribution is -2.36. The maximum Gasteiger partial charge on any atom is 0.410 e. The van der Waals surface area contributed by atoms with Crippen molar-refractivity contribution in [3.05, 3.63) is 28.3 Å². The fourth-order valence-electron chi connectivity index (χ4n) is 2.36. The summed E-state index contributed by atoms with van der Waals surface area (Å²) in [6, 6.07) is 4.18. The normalized spacial score (nSPS) is 17.5. The molecule has 2 rings (SSSR count). The number of ether oxygens (including phenoxy) is 3. The molecule has 1 amide bonds. The van der Waals surface area contributed by atoms with Crippen molar-refractivity contribution in [1.82, 2.24) is 4.90 Å². The lowest BCUT2D eigenvalue weighted by atomic mass is 10.2. The van der Waals surface area contributed by atoms with Gasteiger partial charge in [-0.25, -0.2) is 4.79 Å². The summed E-state index contributed by atoms with van der Waals surface area (Å²) in [5, 5.41) is 10.8. The number of nitro groups is 1. The van der Waals surface area contributed by atoms with Crippen LogP contribution in [0.3, 0.4) is 0 Å². The summed E-state index contributed by atoms with van der Waals surface area (Å²) in [6.07, 6.45) is 0.0662. The summed E-state index contributed by atoms with van der Waals surface area (Å²) < 4.78 is 16.3. The van der Waals surface area contributed by atoms with E-state index in [1.807, 2.05) is 20.8 Å². The van der Waals surface area contributed by atoms with E-state index in [1.165, 1.54) is 25.3 Å². The van der Waals surface area contributed by atoms with Gasteiger partial charge in [-0.3, -0.25) is 10.1 Å². The maximum atomic E-state index is 12.1. The van der Waals surface area contributed by atoms with Crippen molar-refractivity contribution in [3.63, 3.8) is 0 Å². The fraction of sp³-hybridized carbons (Fsp3) is 0.562. The van der Waals surface area contributed by atoms with Crippen molar-refractivity contribution < 1.29 is 23.9 Å². The quantitative estimate of drug-likeness (QED) is 0.619. The Morgan fingerprint density at radius 3 is 2.62 bits per heavy atom. The lowest BCUT2D eigenvalue weighted by Gasteiger charge is -2.24. The minimum absolute atomic E-state index is 0.0685. The monoisotopic (exact) mass is 338 g/mol. The molecule has 1 heterocycles. The average Bonchev–Trinajstić information content (AvgIpc) is 2.94. The van der Waals surface area contributed by atoms with E-state index in [0.717, 1.165) is 0 Å². The van der Waals surface area contributed by atoms with Crippen molar-refractivity contribution >= 4 is 11.8 Å². The number of likely N-dealkylation sites (tertiary alicyclic amines) is 1. The Bertz CT molecular complexity index is 625. The second kappa shape index (κ2) is 6.94. The molecule has 0 aliphatic carbocycles. The molecule has 1 aliphatic rings. The molecule has 1 fully saturated rings. The fourth-order valence-corrected chi connectivity index (χ4v) is 2.36. The molecule has 1 aromatic rings. The summed E-state index contributed by atoms with van der Waals surface area (Å²) in [5.74, 6) is 0.707. The summed E-state index contributed by atoms with van der Waals surface area (Å²) in [4.78, 5) is 24.0. The van der Waals surface area contributed by atoms with Crippen molar-refractivity contribution in [2.24, 2.45) is 0 Å². The zero-order valence-corrected chi connectivity index (χ0v) is 14.3. The van der Waals surface area contributed by atoms with E-state index in [-0.39, 0.29) is 17.9 Å². The number of rotatable bonds is 4. The zero-order valence-electron chi connectivity index (χ0n) is 14.3. The Kier molecular flexibility index (Phi) is 5.16. The first-order valence-electron chi connectivity index (χ1n) is 7.66. The minimum Gasteiger partial charge on any atom is -0.493 e. The molecule has 24 heavy (non-hydrogen) atoms. The number of methoxy groups -OCH3 is 1. The van der Waals surface area contributed by atoms with Crippen LogP contribution in [0.25, 0.3) is 0 Å². The summed E-state index contributed by atoms with van der Waals surface area (Å²) in [5.41, 5.74) is -0.613. The number of nitro benzene ring substituents is 1. The van der Waals surface area contributed by atoms with Crippen LogP contribution >= 0.6 is 0 Å². The van der Waals surface area contributed by atoms with Crippen molar-refractivity contribution in [2.75, 3.05) is 20.2 Å². The topological polar surface area (TPSA) is 91.1 Å². The SMILES string of the molecule is COc1cc([N+](=O)[O-])ccc1O[C@H]1CCN(C(=O)OC(C)(C)C)C1. The van der Waals surface area contributed by atoms with Crippen LogP contribution in [-0.2, 0) is 4.74 Å². The molecule has 0 radical (unpaired) electrons. The van der Waals surface area contributed by atoms with E-state index >= 15 is 0 Å². The van der Waals surface area contributed by atoms with E-state index in [4.69, 9.17) is 14.2 Å². The van der Waals surface area contributed by atoms with Gasteiger partial charge < -0.3 is 19.1 Å². The third kappa shape index (κ3) is 4.50. The molecule has 8 heteroatoms. The Hall–Kier alpha value is -2.51. The number of nitrogens with zero attached hydrogens (tertiary/aromatic N) is 2. The van der Waals surface area contributed by atoms with E-state index in [9.17, 15) is 14.9 Å². The summed E-state index contributed by atoms with van der Waals surface area (Å²) in [7, 11) is 1.42. The van der Waals surface area contributed by atoms with Crippen LogP contribution in [0, 0.1) is 10.1 Å². The van der Waals surface area contributed by atoms with Crippen LogP contribution < -0.4 is 9.47 Å². The molecule has 0 spiro atoms. The van der Waals surface area contributed by atoms with Crippen LogP contribution in [-0.4, -0.2) is 47.8 Å². The van der Waals surface area contributed by atoms with Gasteiger partial charge >= 0.3 is 6.09 Å². The zero-order chi connectivity index (χ0) is 17.9. The third-order valence-corrected chi connectivity index (χ3v) is 3.45. The highest BCUT2D eigenvalue weighted by atomic mass is 16.6. The lowest BCUT2D eigenvalue weighted by molar-refractivity contribution is -0.385. The largest absolute Gasteiger partial charge is 0.493 e. The number of carbonyl (C=O) groups excluding carboxylic acids is 1. The third-order valence-electron chi connectivity index (χ3n) is 3.45. The van der Waals surface area contributed by atoms with E-state index in [0.29, 0.717) is 31.0 Å². The molecular formula is C16H22N2O6. The highest BCUT2D eigenvalue weighted by Crippen LogP contribution is 2.33. The van der Waals surface area contributed by atoms with Crippen molar-refractivity contribution in [3.8, 4) is 11.5 Å². The van der Waals surface area contributed by atoms with Gasteiger partial charge in [0, 0.05) is 19.0 Å². The number of carbonyl (C=O) groups is 1. The van der Waals surface area contributed by atoms with Gasteiger partial charge in [0.05, 0.1) is 24.6 Å². The molecule has 0 bridgehead atoms. The molecule has 0 aromatic heterocycles. The molecule has 1 saturated heterocycles. The Morgan fingerprint density at radius 1 is 1.33 bits per heavy atom. The molecule has 0 N–H and O–H groups in total. The van der Waals surface area contributed by atoms with Gasteiger partial charge in [0.25, 0.3) is 5.69 Å². The molecule has 1 aromatic carbocycles. The molecule has 8 nitrogen and oxygen atoms in total. The molecule has 1 atom stereocenters. The van der Waals surface area contributed by atoms with Gasteiger partial charge in [-0.05, 0) is 26.8 Å².